The molecule has 2 heterocycles. The maximum Gasteiger partial charge on any atom is 0.253 e. The fourth-order valence-electron chi connectivity index (χ4n) is 7.81. The molecule has 4 aliphatic rings. The number of likely N-dealkylation sites (tertiary alicyclic amines) is 1. The van der Waals surface area contributed by atoms with Crippen LogP contribution in [-0.2, 0) is 19.2 Å². The van der Waals surface area contributed by atoms with Crippen LogP contribution in [0.25, 0.3) is 0 Å². The summed E-state index contributed by atoms with van der Waals surface area (Å²) in [6.45, 7) is 0. The minimum atomic E-state index is -1.97. The Morgan fingerprint density at radius 2 is 1.60 bits per heavy atom. The molecule has 0 radical (unpaired) electrons. The van der Waals surface area contributed by atoms with Crippen LogP contribution in [0.4, 0.5) is 5.69 Å². The molecule has 12 heteroatoms. The number of amides is 4. The molecule has 1 saturated carbocycles. The lowest BCUT2D eigenvalue weighted by Crippen LogP contribution is -2.60. The van der Waals surface area contributed by atoms with Gasteiger partial charge in [0.2, 0.25) is 11.8 Å². The van der Waals surface area contributed by atoms with Gasteiger partial charge in [-0.05, 0) is 76.7 Å². The number of aromatic hydroxyl groups is 1. The number of ketones is 1. The molecule has 6 atom stereocenters. The fourth-order valence-corrected chi connectivity index (χ4v) is 9.29. The monoisotopic (exact) mass is 736 g/mol. The number of fused-ring (bicyclic) bond motifs is 4. The summed E-state index contributed by atoms with van der Waals surface area (Å²) in [5.74, 6) is -5.85. The van der Waals surface area contributed by atoms with Crippen LogP contribution in [0.1, 0.15) is 40.2 Å². The quantitative estimate of drug-likeness (QED) is 0.157. The Hall–Kier alpha value is -3.99. The van der Waals surface area contributed by atoms with Crippen LogP contribution < -0.4 is 9.64 Å². The number of allylic oxidation sites excluding steroid dienone is 2. The number of nitrogens with zero attached hydrogens (tertiary/aromatic N) is 2. The summed E-state index contributed by atoms with van der Waals surface area (Å²) < 4.78 is 5.64. The SMILES string of the molecule is COc1cc([C@H]2C3=CC[C@@H]4C(=O)N(c5ccc(C(=O)c6ccccc6)cc5)C(=O)[C@@H]4[C@@H]3C[C@@]3(Cl)C(=O)N(C)C(=O)[C@@]23Cl)cc(Br)c1O. The Kier molecular flexibility index (Phi) is 7.42. The van der Waals surface area contributed by atoms with Crippen molar-refractivity contribution in [3.63, 3.8) is 0 Å². The van der Waals surface area contributed by atoms with E-state index in [1.165, 1.54) is 20.2 Å². The second-order valence-electron chi connectivity index (χ2n) is 12.3. The van der Waals surface area contributed by atoms with E-state index in [1.54, 1.807) is 54.6 Å². The number of phenolic OH excluding ortho intramolecular Hbond substituents is 1. The molecule has 47 heavy (non-hydrogen) atoms. The van der Waals surface area contributed by atoms with Crippen LogP contribution in [0.5, 0.6) is 11.5 Å². The van der Waals surface area contributed by atoms with Crippen molar-refractivity contribution in [1.29, 1.82) is 0 Å². The van der Waals surface area contributed by atoms with E-state index in [9.17, 15) is 29.1 Å². The molecule has 1 N–H and O–H groups in total. The predicted octanol–water partition coefficient (Wildman–Crippen LogP) is 5.59. The second-order valence-corrected chi connectivity index (χ2v) is 14.4. The van der Waals surface area contributed by atoms with Crippen molar-refractivity contribution in [2.24, 2.45) is 17.8 Å². The third-order valence-corrected chi connectivity index (χ3v) is 12.1. The molecule has 0 bridgehead atoms. The Bertz CT molecular complexity index is 1930. The Balaban J connectivity index is 1.30. The molecule has 2 saturated heterocycles. The van der Waals surface area contributed by atoms with Gasteiger partial charge >= 0.3 is 0 Å². The summed E-state index contributed by atoms with van der Waals surface area (Å²) in [6.07, 6.45) is 1.87. The maximum atomic E-state index is 14.3. The van der Waals surface area contributed by atoms with E-state index in [-0.39, 0.29) is 34.6 Å². The van der Waals surface area contributed by atoms with Crippen LogP contribution in [-0.4, -0.2) is 63.3 Å². The average molecular weight is 738 g/mol. The van der Waals surface area contributed by atoms with Gasteiger partial charge in [-0.25, -0.2) is 0 Å². The highest BCUT2D eigenvalue weighted by molar-refractivity contribution is 9.10. The van der Waals surface area contributed by atoms with Gasteiger partial charge in [0.05, 0.1) is 29.1 Å². The minimum absolute atomic E-state index is 0.101. The smallest absolute Gasteiger partial charge is 0.253 e. The third-order valence-electron chi connectivity index (χ3n) is 10.0. The Morgan fingerprint density at radius 3 is 2.26 bits per heavy atom. The largest absolute Gasteiger partial charge is 0.503 e. The van der Waals surface area contributed by atoms with Crippen molar-refractivity contribution in [3.8, 4) is 11.5 Å². The second kappa shape index (κ2) is 11.0. The number of hydrogen-bond acceptors (Lipinski definition) is 7. The molecule has 0 spiro atoms. The molecule has 0 aromatic heterocycles. The highest BCUT2D eigenvalue weighted by Gasteiger charge is 2.76. The van der Waals surface area contributed by atoms with E-state index in [4.69, 9.17) is 27.9 Å². The first kappa shape index (κ1) is 31.6. The highest BCUT2D eigenvalue weighted by Crippen LogP contribution is 2.65. The first-order valence-corrected chi connectivity index (χ1v) is 16.4. The van der Waals surface area contributed by atoms with Gasteiger partial charge in [0.1, 0.15) is 0 Å². The number of methoxy groups -OCH3 is 1. The van der Waals surface area contributed by atoms with Gasteiger partial charge in [0, 0.05) is 24.1 Å². The zero-order chi connectivity index (χ0) is 33.6. The number of ether oxygens (including phenoxy) is 1. The lowest BCUT2D eigenvalue weighted by Gasteiger charge is -2.50. The number of rotatable bonds is 5. The molecular formula is C35H27BrCl2N2O7. The van der Waals surface area contributed by atoms with Crippen molar-refractivity contribution < 1.29 is 33.8 Å². The number of anilines is 1. The Labute approximate surface area is 288 Å². The van der Waals surface area contributed by atoms with Crippen LogP contribution in [0.3, 0.4) is 0 Å². The van der Waals surface area contributed by atoms with E-state index >= 15 is 0 Å². The Morgan fingerprint density at radius 1 is 0.936 bits per heavy atom. The predicted molar refractivity (Wildman–Crippen MR) is 177 cm³/mol. The molecule has 4 amide bonds. The van der Waals surface area contributed by atoms with Gasteiger partial charge in [-0.3, -0.25) is 33.8 Å². The molecule has 0 unspecified atom stereocenters. The van der Waals surface area contributed by atoms with E-state index in [2.05, 4.69) is 15.9 Å². The maximum absolute atomic E-state index is 14.3. The fraction of sp³-hybridized carbons (Fsp3) is 0.286. The number of halogens is 3. The first-order chi connectivity index (χ1) is 22.3. The molecule has 3 aromatic rings. The van der Waals surface area contributed by atoms with Gasteiger partial charge in [-0.2, -0.15) is 0 Å². The van der Waals surface area contributed by atoms with E-state index < -0.39 is 57.0 Å². The number of imide groups is 2. The van der Waals surface area contributed by atoms with E-state index in [1.807, 2.05) is 12.1 Å². The van der Waals surface area contributed by atoms with Crippen LogP contribution in [0.2, 0.25) is 0 Å². The number of carbonyl (C=O) groups excluding carboxylic acids is 5. The van der Waals surface area contributed by atoms with Crippen molar-refractivity contribution in [2.75, 3.05) is 19.1 Å². The van der Waals surface area contributed by atoms with Crippen molar-refractivity contribution >= 4 is 74.2 Å². The molecule has 7 rings (SSSR count). The van der Waals surface area contributed by atoms with Crippen molar-refractivity contribution in [3.05, 3.63) is 99.5 Å². The van der Waals surface area contributed by atoms with Crippen LogP contribution in [0, 0.1) is 17.8 Å². The summed E-state index contributed by atoms with van der Waals surface area (Å²) in [5, 5.41) is 10.5. The lowest BCUT2D eigenvalue weighted by atomic mass is 9.56. The molecule has 2 aliphatic carbocycles. The molecule has 3 fully saturated rings. The summed E-state index contributed by atoms with van der Waals surface area (Å²) in [6, 6.07) is 18.2. The summed E-state index contributed by atoms with van der Waals surface area (Å²) in [7, 11) is 2.70. The molecule has 9 nitrogen and oxygen atoms in total. The molecule has 240 valence electrons. The van der Waals surface area contributed by atoms with Gasteiger partial charge in [-0.15, -0.1) is 23.2 Å². The van der Waals surface area contributed by atoms with Gasteiger partial charge in [-0.1, -0.05) is 42.0 Å². The minimum Gasteiger partial charge on any atom is -0.503 e. The summed E-state index contributed by atoms with van der Waals surface area (Å²) in [5.41, 5.74) is 2.28. The average Bonchev–Trinajstić information content (AvgIpc) is 3.40. The highest BCUT2D eigenvalue weighted by atomic mass is 79.9. The zero-order valence-electron chi connectivity index (χ0n) is 25.1. The first-order valence-electron chi connectivity index (χ1n) is 14.9. The number of phenols is 1. The van der Waals surface area contributed by atoms with Gasteiger partial charge < -0.3 is 9.84 Å². The van der Waals surface area contributed by atoms with Gasteiger partial charge in [0.25, 0.3) is 11.8 Å². The number of benzene rings is 3. The van der Waals surface area contributed by atoms with E-state index in [0.29, 0.717) is 28.0 Å². The lowest BCUT2D eigenvalue weighted by molar-refractivity contribution is -0.138. The topological polar surface area (TPSA) is 121 Å². The number of carbonyl (C=O) groups is 5. The van der Waals surface area contributed by atoms with Crippen LogP contribution in [0.15, 0.2) is 82.9 Å². The normalized spacial score (nSPS) is 29.8. The summed E-state index contributed by atoms with van der Waals surface area (Å²) >= 11 is 17.8. The number of alkyl halides is 2. The van der Waals surface area contributed by atoms with E-state index in [0.717, 1.165) is 9.80 Å². The summed E-state index contributed by atoms with van der Waals surface area (Å²) in [4.78, 5) is 66.8. The van der Waals surface area contributed by atoms with Crippen molar-refractivity contribution in [2.45, 2.75) is 28.5 Å². The van der Waals surface area contributed by atoms with Crippen LogP contribution >= 0.6 is 39.1 Å². The molecular weight excluding hydrogens is 711 g/mol. The van der Waals surface area contributed by atoms with Gasteiger partial charge in [0.15, 0.2) is 27.0 Å². The standard InChI is InChI=1S/C35H27BrCl2N2O7/c1-39-32(45)34(37)16-23-21(27(35(34,38)33(39)46)19-14-24(36)29(42)25(15-19)47-2)12-13-22-26(23)31(44)40(30(22)43)20-10-8-18(9-11-20)28(41)17-6-4-3-5-7-17/h3-12,14-15,22-23,26-27,42H,13,16H2,1-2H3/t22-,23+,26-,27-,34+,35-/m0/s1. The molecule has 3 aromatic carbocycles. The molecule has 2 aliphatic heterocycles. The zero-order valence-corrected chi connectivity index (χ0v) is 28.2. The third kappa shape index (κ3) is 4.30. The number of hydrogen-bond donors (Lipinski definition) is 1. The van der Waals surface area contributed by atoms with Crippen molar-refractivity contribution in [1.82, 2.24) is 4.90 Å².